The molecule has 2 rings (SSSR count). The highest BCUT2D eigenvalue weighted by Gasteiger charge is 2.20. The molecule has 2 aromatic carbocycles. The van der Waals surface area contributed by atoms with E-state index in [2.05, 4.69) is 10.6 Å². The van der Waals surface area contributed by atoms with Gasteiger partial charge in [-0.3, -0.25) is 9.59 Å². The highest BCUT2D eigenvalue weighted by atomic mass is 35.5. The third-order valence-corrected chi connectivity index (χ3v) is 4.62. The number of hydrogen-bond donors (Lipinski definition) is 4. The normalized spacial score (nSPS) is 12.6. The number of carboxylic acid groups (broad SMARTS) is 2. The molecule has 0 spiro atoms. The van der Waals surface area contributed by atoms with Gasteiger partial charge in [-0.1, -0.05) is 54.9 Å². The number of carbonyl (C=O) groups is 3. The molecule has 0 saturated heterocycles. The van der Waals surface area contributed by atoms with E-state index in [1.54, 1.807) is 13.0 Å². The Balaban J connectivity index is 2.09. The van der Waals surface area contributed by atoms with E-state index in [-0.39, 0.29) is 6.42 Å². The van der Waals surface area contributed by atoms with E-state index < -0.39 is 36.5 Å². The molecule has 0 aliphatic rings. The minimum atomic E-state index is -1.16. The maximum absolute atomic E-state index is 11.9. The predicted molar refractivity (Wildman–Crippen MR) is 110 cm³/mol. The molecule has 2 atom stereocenters. The van der Waals surface area contributed by atoms with Gasteiger partial charge in [0.15, 0.2) is 0 Å². The Morgan fingerprint density at radius 3 is 2.31 bits per heavy atom. The van der Waals surface area contributed by atoms with Gasteiger partial charge in [-0.15, -0.1) is 0 Å². The van der Waals surface area contributed by atoms with Crippen molar-refractivity contribution in [2.24, 2.45) is 5.92 Å². The Labute approximate surface area is 173 Å². The Hall–Kier alpha value is -3.06. The predicted octanol–water partition coefficient (Wildman–Crippen LogP) is 3.41. The largest absolute Gasteiger partial charge is 0.481 e. The zero-order chi connectivity index (χ0) is 21.4. The van der Waals surface area contributed by atoms with Crippen LogP contribution in [0.5, 0.6) is 0 Å². The maximum Gasteiger partial charge on any atom is 0.323 e. The first-order valence-electron chi connectivity index (χ1n) is 9.08. The number of amides is 2. The van der Waals surface area contributed by atoms with Gasteiger partial charge < -0.3 is 20.8 Å². The SMILES string of the molecule is C[C@H](C[C@@H](Cc1ccc(-c2cccc(Cl)c2)cc1)NC(=O)NCC(=O)O)C(=O)O. The van der Waals surface area contributed by atoms with Crippen molar-refractivity contribution in [1.29, 1.82) is 0 Å². The Morgan fingerprint density at radius 1 is 1.03 bits per heavy atom. The fourth-order valence-electron chi connectivity index (χ4n) is 2.90. The lowest BCUT2D eigenvalue weighted by Gasteiger charge is -2.21. The fourth-order valence-corrected chi connectivity index (χ4v) is 3.09. The molecular formula is C21H23ClN2O5. The van der Waals surface area contributed by atoms with Crippen LogP contribution >= 0.6 is 11.6 Å². The molecule has 0 fully saturated rings. The zero-order valence-electron chi connectivity index (χ0n) is 15.9. The molecule has 0 radical (unpaired) electrons. The van der Waals surface area contributed by atoms with E-state index in [4.69, 9.17) is 16.7 Å². The van der Waals surface area contributed by atoms with Crippen molar-refractivity contribution in [2.75, 3.05) is 6.54 Å². The number of carboxylic acids is 2. The minimum Gasteiger partial charge on any atom is -0.481 e. The monoisotopic (exact) mass is 418 g/mol. The molecule has 154 valence electrons. The van der Waals surface area contributed by atoms with Gasteiger partial charge in [-0.25, -0.2) is 4.79 Å². The average Bonchev–Trinajstić information content (AvgIpc) is 2.66. The van der Waals surface area contributed by atoms with Gasteiger partial charge in [0, 0.05) is 11.1 Å². The summed E-state index contributed by atoms with van der Waals surface area (Å²) < 4.78 is 0. The lowest BCUT2D eigenvalue weighted by Crippen LogP contribution is -2.45. The molecule has 2 aromatic rings. The molecular weight excluding hydrogens is 396 g/mol. The molecule has 0 unspecified atom stereocenters. The number of hydrogen-bond acceptors (Lipinski definition) is 3. The molecule has 0 heterocycles. The second-order valence-corrected chi connectivity index (χ2v) is 7.24. The highest BCUT2D eigenvalue weighted by molar-refractivity contribution is 6.30. The first-order valence-corrected chi connectivity index (χ1v) is 9.46. The molecule has 0 bridgehead atoms. The Morgan fingerprint density at radius 2 is 1.72 bits per heavy atom. The summed E-state index contributed by atoms with van der Waals surface area (Å²) in [7, 11) is 0. The number of benzene rings is 2. The third-order valence-electron chi connectivity index (χ3n) is 4.39. The molecule has 0 saturated carbocycles. The summed E-state index contributed by atoms with van der Waals surface area (Å²) >= 11 is 6.03. The second kappa shape index (κ2) is 10.5. The van der Waals surface area contributed by atoms with Crippen LogP contribution in [0.15, 0.2) is 48.5 Å². The Bertz CT molecular complexity index is 870. The fraction of sp³-hybridized carbons (Fsp3) is 0.286. The van der Waals surface area contributed by atoms with Gasteiger partial charge in [0.25, 0.3) is 0 Å². The van der Waals surface area contributed by atoms with Crippen LogP contribution in [0.4, 0.5) is 4.79 Å². The average molecular weight is 419 g/mol. The van der Waals surface area contributed by atoms with Crippen LogP contribution in [0.2, 0.25) is 5.02 Å². The van der Waals surface area contributed by atoms with Gasteiger partial charge in [-0.2, -0.15) is 0 Å². The van der Waals surface area contributed by atoms with E-state index >= 15 is 0 Å². The van der Waals surface area contributed by atoms with E-state index in [9.17, 15) is 19.5 Å². The third kappa shape index (κ3) is 7.46. The van der Waals surface area contributed by atoms with Crippen LogP contribution < -0.4 is 10.6 Å². The number of halogens is 1. The standard InChI is InChI=1S/C21H23ClN2O5/c1-13(20(27)28)9-18(24-21(29)23-12-19(25)26)10-14-5-7-15(8-6-14)16-3-2-4-17(22)11-16/h2-8,11,13,18H,9-10,12H2,1H3,(H,25,26)(H,27,28)(H2,23,24,29)/t13-,18+/m1/s1. The van der Waals surface area contributed by atoms with Gasteiger partial charge in [-0.05, 0) is 41.7 Å². The molecule has 0 aromatic heterocycles. The summed E-state index contributed by atoms with van der Waals surface area (Å²) in [6.45, 7) is 1.05. The van der Waals surface area contributed by atoms with Crippen molar-refractivity contribution in [3.05, 3.63) is 59.1 Å². The topological polar surface area (TPSA) is 116 Å². The molecule has 8 heteroatoms. The van der Waals surface area contributed by atoms with Crippen LogP contribution in [-0.2, 0) is 16.0 Å². The zero-order valence-corrected chi connectivity index (χ0v) is 16.6. The van der Waals surface area contributed by atoms with Gasteiger partial charge in [0.05, 0.1) is 5.92 Å². The minimum absolute atomic E-state index is 0.214. The summed E-state index contributed by atoms with van der Waals surface area (Å²) in [5.41, 5.74) is 2.88. The van der Waals surface area contributed by atoms with Gasteiger partial charge in [0.1, 0.15) is 6.54 Å². The lowest BCUT2D eigenvalue weighted by molar-refractivity contribution is -0.141. The van der Waals surface area contributed by atoms with Crippen LogP contribution in [0.25, 0.3) is 11.1 Å². The highest BCUT2D eigenvalue weighted by Crippen LogP contribution is 2.23. The molecule has 7 nitrogen and oxygen atoms in total. The number of carbonyl (C=O) groups excluding carboxylic acids is 1. The summed E-state index contributed by atoms with van der Waals surface area (Å²) in [5, 5.41) is 23.4. The van der Waals surface area contributed by atoms with E-state index in [0.717, 1.165) is 16.7 Å². The van der Waals surface area contributed by atoms with Crippen LogP contribution in [-0.4, -0.2) is 40.8 Å². The molecule has 29 heavy (non-hydrogen) atoms. The smallest absolute Gasteiger partial charge is 0.323 e. The van der Waals surface area contributed by atoms with E-state index in [1.807, 2.05) is 42.5 Å². The first-order chi connectivity index (χ1) is 13.7. The summed E-state index contributed by atoms with van der Waals surface area (Å²) in [6, 6.07) is 14.1. The number of aliphatic carboxylic acids is 2. The lowest BCUT2D eigenvalue weighted by atomic mass is 9.95. The number of urea groups is 1. The van der Waals surface area contributed by atoms with Crippen molar-refractivity contribution in [2.45, 2.75) is 25.8 Å². The van der Waals surface area contributed by atoms with E-state index in [0.29, 0.717) is 11.4 Å². The Kier molecular flexibility index (Phi) is 8.03. The summed E-state index contributed by atoms with van der Waals surface area (Å²) in [6.07, 6.45) is 0.625. The maximum atomic E-state index is 11.9. The van der Waals surface area contributed by atoms with Crippen LogP contribution in [0, 0.1) is 5.92 Å². The van der Waals surface area contributed by atoms with Crippen molar-refractivity contribution in [3.8, 4) is 11.1 Å². The number of rotatable bonds is 9. The molecule has 0 aliphatic carbocycles. The second-order valence-electron chi connectivity index (χ2n) is 6.80. The van der Waals surface area contributed by atoms with Crippen molar-refractivity contribution >= 4 is 29.6 Å². The summed E-state index contributed by atoms with van der Waals surface area (Å²) in [5.74, 6) is -2.78. The first kappa shape index (κ1) is 22.2. The van der Waals surface area contributed by atoms with Gasteiger partial charge >= 0.3 is 18.0 Å². The van der Waals surface area contributed by atoms with Crippen LogP contribution in [0.1, 0.15) is 18.9 Å². The van der Waals surface area contributed by atoms with Crippen molar-refractivity contribution in [3.63, 3.8) is 0 Å². The number of nitrogens with one attached hydrogen (secondary N) is 2. The van der Waals surface area contributed by atoms with Crippen molar-refractivity contribution in [1.82, 2.24) is 10.6 Å². The van der Waals surface area contributed by atoms with E-state index in [1.165, 1.54) is 0 Å². The molecule has 4 N–H and O–H groups in total. The molecule has 2 amide bonds. The summed E-state index contributed by atoms with van der Waals surface area (Å²) in [4.78, 5) is 33.7. The quantitative estimate of drug-likeness (QED) is 0.498. The van der Waals surface area contributed by atoms with Gasteiger partial charge in [0.2, 0.25) is 0 Å². The van der Waals surface area contributed by atoms with Crippen LogP contribution in [0.3, 0.4) is 0 Å². The van der Waals surface area contributed by atoms with Crippen molar-refractivity contribution < 1.29 is 24.6 Å². The molecule has 0 aliphatic heterocycles.